The van der Waals surface area contributed by atoms with Crippen molar-refractivity contribution >= 4 is 28.0 Å². The van der Waals surface area contributed by atoms with Crippen LogP contribution in [0.25, 0.3) is 0 Å². The van der Waals surface area contributed by atoms with E-state index in [1.807, 2.05) is 0 Å². The number of aromatic nitrogens is 1. The number of likely N-dealkylation sites (tertiary alicyclic amines) is 1. The fraction of sp³-hybridized carbons (Fsp3) is 0.429. The van der Waals surface area contributed by atoms with E-state index in [4.69, 9.17) is 10.3 Å². The van der Waals surface area contributed by atoms with Gasteiger partial charge in [-0.05, 0) is 25.5 Å². The summed E-state index contributed by atoms with van der Waals surface area (Å²) in [6.45, 7) is 1.87. The highest BCUT2D eigenvalue weighted by Crippen LogP contribution is 2.35. The van der Waals surface area contributed by atoms with Gasteiger partial charge in [0.05, 0.1) is 23.7 Å². The fourth-order valence-electron chi connectivity index (χ4n) is 3.31. The van der Waals surface area contributed by atoms with Gasteiger partial charge in [0.2, 0.25) is 5.91 Å². The summed E-state index contributed by atoms with van der Waals surface area (Å²) in [5.74, 6) is -2.02. The SMILES string of the molecule is Cc1ccc(C(N)=O)c(CC(=O)N2CC[C@@H]3[C@H]2C(=O)N3S(=O)(=O)O)n1. The molecule has 3 N–H and O–H groups in total. The number of hydrogen-bond acceptors (Lipinski definition) is 6. The van der Waals surface area contributed by atoms with E-state index in [-0.39, 0.29) is 30.6 Å². The van der Waals surface area contributed by atoms with E-state index in [9.17, 15) is 22.8 Å². The van der Waals surface area contributed by atoms with Crippen LogP contribution in [0.2, 0.25) is 0 Å². The van der Waals surface area contributed by atoms with E-state index >= 15 is 0 Å². The van der Waals surface area contributed by atoms with Crippen molar-refractivity contribution in [3.63, 3.8) is 0 Å². The quantitative estimate of drug-likeness (QED) is 0.492. The Hall–Kier alpha value is -2.53. The molecule has 134 valence electrons. The van der Waals surface area contributed by atoms with Crippen molar-refractivity contribution < 1.29 is 27.4 Å². The molecule has 3 rings (SSSR count). The van der Waals surface area contributed by atoms with E-state index in [1.54, 1.807) is 13.0 Å². The van der Waals surface area contributed by atoms with Crippen molar-refractivity contribution in [2.75, 3.05) is 6.54 Å². The lowest BCUT2D eigenvalue weighted by molar-refractivity contribution is -0.151. The first-order chi connectivity index (χ1) is 11.6. The maximum absolute atomic E-state index is 12.5. The molecule has 0 aromatic carbocycles. The topological polar surface area (TPSA) is 151 Å². The molecule has 2 atom stereocenters. The summed E-state index contributed by atoms with van der Waals surface area (Å²) in [5.41, 5.74) is 6.21. The number of amides is 3. The van der Waals surface area contributed by atoms with Gasteiger partial charge in [-0.15, -0.1) is 0 Å². The second-order valence-corrected chi connectivity index (χ2v) is 7.28. The van der Waals surface area contributed by atoms with Crippen molar-refractivity contribution in [3.05, 3.63) is 29.1 Å². The van der Waals surface area contributed by atoms with Gasteiger partial charge in [-0.1, -0.05) is 0 Å². The molecule has 1 aromatic rings. The molecule has 2 aliphatic heterocycles. The molecule has 0 saturated carbocycles. The Morgan fingerprint density at radius 3 is 2.68 bits per heavy atom. The van der Waals surface area contributed by atoms with Crippen LogP contribution in [0.4, 0.5) is 0 Å². The highest BCUT2D eigenvalue weighted by Gasteiger charge is 2.59. The minimum absolute atomic E-state index is 0.120. The average molecular weight is 368 g/mol. The summed E-state index contributed by atoms with van der Waals surface area (Å²) in [6.07, 6.45) is 0.00812. The van der Waals surface area contributed by atoms with Gasteiger partial charge in [0, 0.05) is 12.2 Å². The van der Waals surface area contributed by atoms with E-state index < -0.39 is 40.1 Å². The number of nitrogens with zero attached hydrogens (tertiary/aromatic N) is 3. The van der Waals surface area contributed by atoms with Gasteiger partial charge >= 0.3 is 10.3 Å². The largest absolute Gasteiger partial charge is 0.366 e. The highest BCUT2D eigenvalue weighted by molar-refractivity contribution is 7.84. The molecule has 0 radical (unpaired) electrons. The van der Waals surface area contributed by atoms with Gasteiger partial charge in [-0.3, -0.25) is 23.9 Å². The van der Waals surface area contributed by atoms with Crippen molar-refractivity contribution in [3.8, 4) is 0 Å². The van der Waals surface area contributed by atoms with Crippen LogP contribution in [-0.4, -0.2) is 63.5 Å². The molecule has 25 heavy (non-hydrogen) atoms. The van der Waals surface area contributed by atoms with Crippen molar-refractivity contribution in [1.82, 2.24) is 14.2 Å². The fourth-order valence-corrected chi connectivity index (χ4v) is 4.21. The minimum atomic E-state index is -4.63. The molecule has 2 aliphatic rings. The predicted octanol–water partition coefficient (Wildman–Crippen LogP) is -1.35. The Morgan fingerprint density at radius 1 is 1.40 bits per heavy atom. The number of aryl methyl sites for hydroxylation is 1. The number of rotatable bonds is 4. The zero-order valence-corrected chi connectivity index (χ0v) is 14.1. The van der Waals surface area contributed by atoms with E-state index in [0.29, 0.717) is 10.00 Å². The van der Waals surface area contributed by atoms with Gasteiger partial charge in [0.1, 0.15) is 6.04 Å². The van der Waals surface area contributed by atoms with Crippen LogP contribution in [0.15, 0.2) is 12.1 Å². The number of hydrogen-bond donors (Lipinski definition) is 2. The van der Waals surface area contributed by atoms with E-state index in [0.717, 1.165) is 0 Å². The third-order valence-corrected chi connectivity index (χ3v) is 5.35. The van der Waals surface area contributed by atoms with Crippen LogP contribution >= 0.6 is 0 Å². The summed E-state index contributed by atoms with van der Waals surface area (Å²) in [5, 5.41) is 0. The second-order valence-electron chi connectivity index (χ2n) is 5.99. The Bertz CT molecular complexity index is 883. The minimum Gasteiger partial charge on any atom is -0.366 e. The number of fused-ring (bicyclic) bond motifs is 1. The zero-order chi connectivity index (χ0) is 18.5. The molecular weight excluding hydrogens is 352 g/mol. The van der Waals surface area contributed by atoms with Crippen molar-refractivity contribution in [2.24, 2.45) is 5.73 Å². The molecule has 11 heteroatoms. The normalized spacial score (nSPS) is 22.6. The molecule has 0 bridgehead atoms. The average Bonchev–Trinajstić information content (AvgIpc) is 2.84. The maximum atomic E-state index is 12.5. The predicted molar refractivity (Wildman–Crippen MR) is 83.5 cm³/mol. The number of carbonyl (C=O) groups is 3. The van der Waals surface area contributed by atoms with Crippen LogP contribution in [0, 0.1) is 6.92 Å². The number of β-lactam (4-membered cyclic amide) rings is 1. The number of primary amides is 1. The third kappa shape index (κ3) is 2.85. The Kier molecular flexibility index (Phi) is 4.00. The Morgan fingerprint density at radius 2 is 2.08 bits per heavy atom. The van der Waals surface area contributed by atoms with Crippen molar-refractivity contribution in [2.45, 2.75) is 31.8 Å². The second kappa shape index (κ2) is 5.77. The molecule has 10 nitrogen and oxygen atoms in total. The van der Waals surface area contributed by atoms with Gasteiger partial charge in [0.15, 0.2) is 0 Å². The monoisotopic (exact) mass is 368 g/mol. The molecule has 2 fully saturated rings. The number of nitrogens with two attached hydrogens (primary N) is 1. The molecule has 0 spiro atoms. The molecule has 0 unspecified atom stereocenters. The third-order valence-electron chi connectivity index (χ3n) is 4.40. The summed E-state index contributed by atoms with van der Waals surface area (Å²) in [4.78, 5) is 41.4. The molecule has 0 aliphatic carbocycles. The lowest BCUT2D eigenvalue weighted by atomic mass is 10.00. The summed E-state index contributed by atoms with van der Waals surface area (Å²) in [6, 6.07) is 1.40. The lowest BCUT2D eigenvalue weighted by Gasteiger charge is -2.42. The summed E-state index contributed by atoms with van der Waals surface area (Å²) >= 11 is 0. The zero-order valence-electron chi connectivity index (χ0n) is 13.2. The first kappa shape index (κ1) is 17.3. The van der Waals surface area contributed by atoms with Gasteiger partial charge in [-0.25, -0.2) is 4.31 Å². The molecular formula is C14H16N4O6S. The first-order valence-corrected chi connectivity index (χ1v) is 8.87. The first-order valence-electron chi connectivity index (χ1n) is 7.47. The van der Waals surface area contributed by atoms with Crippen molar-refractivity contribution in [1.29, 1.82) is 0 Å². The van der Waals surface area contributed by atoms with Crippen LogP contribution in [0.1, 0.15) is 28.2 Å². The molecule has 1 aromatic heterocycles. The van der Waals surface area contributed by atoms with Crippen LogP contribution in [-0.2, 0) is 26.3 Å². The van der Waals surface area contributed by atoms with Gasteiger partial charge in [0.25, 0.3) is 11.8 Å². The molecule has 3 heterocycles. The Labute approximate surface area is 143 Å². The van der Waals surface area contributed by atoms with Gasteiger partial charge in [-0.2, -0.15) is 8.42 Å². The number of carbonyl (C=O) groups excluding carboxylic acids is 3. The lowest BCUT2D eigenvalue weighted by Crippen LogP contribution is -2.68. The maximum Gasteiger partial charge on any atom is 0.362 e. The van der Waals surface area contributed by atoms with Crippen LogP contribution in [0.5, 0.6) is 0 Å². The smallest absolute Gasteiger partial charge is 0.362 e. The number of pyridine rings is 1. The van der Waals surface area contributed by atoms with Crippen LogP contribution < -0.4 is 5.73 Å². The van der Waals surface area contributed by atoms with E-state index in [1.165, 1.54) is 11.0 Å². The standard InChI is InChI=1S/C14H16N4O6S/c1-7-2-3-8(13(15)20)9(16-7)6-11(19)17-5-4-10-12(17)14(21)18(10)25(22,23)24/h2-3,10,12H,4-6H2,1H3,(H2,15,20)(H,22,23,24)/t10-,12+/m1/s1. The van der Waals surface area contributed by atoms with E-state index in [2.05, 4.69) is 4.98 Å². The highest BCUT2D eigenvalue weighted by atomic mass is 32.2. The molecule has 3 amide bonds. The van der Waals surface area contributed by atoms with Gasteiger partial charge < -0.3 is 10.6 Å². The Balaban J connectivity index is 1.80. The van der Waals surface area contributed by atoms with Crippen LogP contribution in [0.3, 0.4) is 0 Å². The molecule has 2 saturated heterocycles. The summed E-state index contributed by atoms with van der Waals surface area (Å²) in [7, 11) is -4.63. The summed E-state index contributed by atoms with van der Waals surface area (Å²) < 4.78 is 31.8.